The Morgan fingerprint density at radius 2 is 1.84 bits per heavy atom. The minimum atomic E-state index is -1.16. The first-order valence-corrected chi connectivity index (χ1v) is 12.2. The van der Waals surface area contributed by atoms with Crippen LogP contribution in [0.3, 0.4) is 0 Å². The zero-order valence-corrected chi connectivity index (χ0v) is 21.8. The normalized spacial score (nSPS) is 11.4. The molecule has 0 saturated carbocycles. The second-order valence-electron chi connectivity index (χ2n) is 8.03. The molecule has 0 unspecified atom stereocenters. The third-order valence-electron chi connectivity index (χ3n) is 5.64. The number of hydrogen-bond acceptors (Lipinski definition) is 9. The van der Waals surface area contributed by atoms with Crippen LogP contribution in [0.2, 0.25) is 0 Å². The number of carbonyl (C=O) groups is 1. The monoisotopic (exact) mass is 536 g/mol. The van der Waals surface area contributed by atoms with E-state index in [2.05, 4.69) is 10.2 Å². The summed E-state index contributed by atoms with van der Waals surface area (Å²) in [5.74, 6) is 1.32. The predicted molar refractivity (Wildman–Crippen MR) is 141 cm³/mol. The first-order valence-electron chi connectivity index (χ1n) is 11.4. The highest BCUT2D eigenvalue weighted by molar-refractivity contribution is 8.04. The maximum atomic E-state index is 12.1. The Balaban J connectivity index is 1.65. The van der Waals surface area contributed by atoms with Gasteiger partial charge >= 0.3 is 5.97 Å². The fraction of sp³-hybridized carbons (Fsp3) is 0.192. The lowest BCUT2D eigenvalue weighted by atomic mass is 10.1. The number of non-ortho nitro benzene ring substituents is 1. The lowest BCUT2D eigenvalue weighted by molar-refractivity contribution is -0.384. The van der Waals surface area contributed by atoms with E-state index in [-0.39, 0.29) is 10.6 Å². The third kappa shape index (κ3) is 5.54. The maximum Gasteiger partial charge on any atom is 0.342 e. The summed E-state index contributed by atoms with van der Waals surface area (Å²) in [4.78, 5) is 22.6. The molecule has 38 heavy (non-hydrogen) atoms. The van der Waals surface area contributed by atoms with Gasteiger partial charge in [-0.15, -0.1) is 10.2 Å². The van der Waals surface area contributed by atoms with E-state index in [1.54, 1.807) is 62.1 Å². The largest absolute Gasteiger partial charge is 0.497 e. The van der Waals surface area contributed by atoms with Crippen LogP contribution in [0.15, 0.2) is 63.0 Å². The molecule has 2 heterocycles. The zero-order chi connectivity index (χ0) is 27.4. The molecule has 2 aromatic heterocycles. The molecular formula is C26H24N4O7S. The standard InChI is InChI=1S/C26H24N4O7S/c1-5-29-24(16-11-19(35-3)13-20(12-16)36-4)27-28-26(29)38-23(25(31)32)14-18-7-9-22(37-18)21-8-6-17(30(33)34)10-15(21)2/h6-14H,5H2,1-4H3,(H,31,32)/b23-14-. The van der Waals surface area contributed by atoms with Gasteiger partial charge in [-0.2, -0.15) is 0 Å². The number of thioether (sulfide) groups is 1. The van der Waals surface area contributed by atoms with Gasteiger partial charge in [-0.3, -0.25) is 10.1 Å². The van der Waals surface area contributed by atoms with Gasteiger partial charge in [-0.25, -0.2) is 4.79 Å². The Labute approximate surface area is 221 Å². The number of ether oxygens (including phenoxy) is 2. The summed E-state index contributed by atoms with van der Waals surface area (Å²) in [6, 6.07) is 13.1. The first kappa shape index (κ1) is 26.5. The number of aromatic nitrogens is 3. The van der Waals surface area contributed by atoms with Crippen LogP contribution in [0.25, 0.3) is 28.8 Å². The van der Waals surface area contributed by atoms with Crippen LogP contribution >= 0.6 is 11.8 Å². The molecule has 196 valence electrons. The lowest BCUT2D eigenvalue weighted by Gasteiger charge is -2.10. The molecule has 0 saturated heterocycles. The number of furan rings is 1. The molecule has 1 N–H and O–H groups in total. The Morgan fingerprint density at radius 3 is 2.42 bits per heavy atom. The van der Waals surface area contributed by atoms with Crippen molar-refractivity contribution in [2.75, 3.05) is 14.2 Å². The van der Waals surface area contributed by atoms with Gasteiger partial charge in [0.25, 0.3) is 5.69 Å². The van der Waals surface area contributed by atoms with Crippen LogP contribution in [0.4, 0.5) is 5.69 Å². The van der Waals surface area contributed by atoms with Crippen molar-refractivity contribution in [2.45, 2.75) is 25.5 Å². The van der Waals surface area contributed by atoms with Crippen molar-refractivity contribution in [3.63, 3.8) is 0 Å². The highest BCUT2D eigenvalue weighted by Crippen LogP contribution is 2.34. The van der Waals surface area contributed by atoms with Crippen LogP contribution < -0.4 is 9.47 Å². The molecular weight excluding hydrogens is 512 g/mol. The minimum Gasteiger partial charge on any atom is -0.497 e. The molecule has 0 radical (unpaired) electrons. The van der Waals surface area contributed by atoms with Gasteiger partial charge in [0.05, 0.1) is 19.1 Å². The number of aryl methyl sites for hydroxylation is 1. The number of carboxylic acid groups (broad SMARTS) is 1. The fourth-order valence-electron chi connectivity index (χ4n) is 3.77. The van der Waals surface area contributed by atoms with Crippen LogP contribution in [0.1, 0.15) is 18.2 Å². The van der Waals surface area contributed by atoms with E-state index in [1.165, 1.54) is 18.2 Å². The second-order valence-corrected chi connectivity index (χ2v) is 9.04. The number of rotatable bonds is 10. The number of nitro groups is 1. The Bertz CT molecular complexity index is 1520. The molecule has 0 spiro atoms. The van der Waals surface area contributed by atoms with Crippen LogP contribution in [-0.4, -0.2) is 45.0 Å². The predicted octanol–water partition coefficient (Wildman–Crippen LogP) is 5.68. The molecule has 0 aliphatic rings. The summed E-state index contributed by atoms with van der Waals surface area (Å²) in [7, 11) is 3.11. The maximum absolute atomic E-state index is 12.1. The number of hydrogen-bond donors (Lipinski definition) is 1. The van der Waals surface area contributed by atoms with Crippen molar-refractivity contribution >= 4 is 29.5 Å². The molecule has 4 aromatic rings. The van der Waals surface area contributed by atoms with Crippen molar-refractivity contribution in [1.29, 1.82) is 0 Å². The lowest BCUT2D eigenvalue weighted by Crippen LogP contribution is -2.03. The van der Waals surface area contributed by atoms with Crippen LogP contribution in [0, 0.1) is 17.0 Å². The summed E-state index contributed by atoms with van der Waals surface area (Å²) in [5, 5.41) is 29.8. The average Bonchev–Trinajstić information content (AvgIpc) is 3.54. The fourth-order valence-corrected chi connectivity index (χ4v) is 4.64. The summed E-state index contributed by atoms with van der Waals surface area (Å²) in [6.45, 7) is 4.14. The number of nitro benzene ring substituents is 1. The van der Waals surface area contributed by atoms with Gasteiger partial charge in [-0.1, -0.05) is 0 Å². The van der Waals surface area contributed by atoms with Crippen molar-refractivity contribution in [3.05, 3.63) is 74.9 Å². The van der Waals surface area contributed by atoms with E-state index >= 15 is 0 Å². The van der Waals surface area contributed by atoms with E-state index in [1.807, 2.05) is 6.92 Å². The molecule has 0 aliphatic heterocycles. The number of aliphatic carboxylic acids is 1. The zero-order valence-electron chi connectivity index (χ0n) is 21.0. The van der Waals surface area contributed by atoms with Gasteiger partial charge < -0.3 is 23.6 Å². The van der Waals surface area contributed by atoms with Gasteiger partial charge in [0, 0.05) is 41.9 Å². The van der Waals surface area contributed by atoms with Gasteiger partial charge in [0.1, 0.15) is 27.9 Å². The van der Waals surface area contributed by atoms with Crippen molar-refractivity contribution < 1.29 is 28.7 Å². The molecule has 0 atom stereocenters. The Hall–Kier alpha value is -4.58. The quantitative estimate of drug-likeness (QED) is 0.116. The average molecular weight is 537 g/mol. The van der Waals surface area contributed by atoms with Crippen LogP contribution in [0.5, 0.6) is 11.5 Å². The minimum absolute atomic E-state index is 0.0192. The SMILES string of the molecule is CCn1c(S/C(=C\c2ccc(-c3ccc([N+](=O)[O-])cc3C)o2)C(=O)O)nnc1-c1cc(OC)cc(OC)c1. The summed E-state index contributed by atoms with van der Waals surface area (Å²) >= 11 is 0.945. The van der Waals surface area contributed by atoms with E-state index in [9.17, 15) is 20.0 Å². The van der Waals surface area contributed by atoms with E-state index in [0.29, 0.717) is 57.2 Å². The highest BCUT2D eigenvalue weighted by Gasteiger charge is 2.20. The summed E-state index contributed by atoms with van der Waals surface area (Å²) in [6.07, 6.45) is 1.40. The summed E-state index contributed by atoms with van der Waals surface area (Å²) in [5.41, 5.74) is 2.02. The van der Waals surface area contributed by atoms with E-state index in [0.717, 1.165) is 11.8 Å². The topological polar surface area (TPSA) is 143 Å². The molecule has 12 heteroatoms. The summed E-state index contributed by atoms with van der Waals surface area (Å²) < 4.78 is 18.4. The van der Waals surface area contributed by atoms with Crippen LogP contribution in [-0.2, 0) is 11.3 Å². The number of nitrogens with zero attached hydrogens (tertiary/aromatic N) is 4. The molecule has 2 aromatic carbocycles. The van der Waals surface area contributed by atoms with Crippen molar-refractivity contribution in [3.8, 4) is 34.2 Å². The molecule has 0 bridgehead atoms. The number of methoxy groups -OCH3 is 2. The van der Waals surface area contributed by atoms with Crippen molar-refractivity contribution in [1.82, 2.24) is 14.8 Å². The van der Waals surface area contributed by atoms with Gasteiger partial charge in [0.2, 0.25) is 0 Å². The van der Waals surface area contributed by atoms with E-state index < -0.39 is 10.9 Å². The highest BCUT2D eigenvalue weighted by atomic mass is 32.2. The van der Waals surface area contributed by atoms with Gasteiger partial charge in [0.15, 0.2) is 11.0 Å². The van der Waals surface area contributed by atoms with Gasteiger partial charge in [-0.05, 0) is 61.5 Å². The molecule has 11 nitrogen and oxygen atoms in total. The third-order valence-corrected chi connectivity index (χ3v) is 6.64. The smallest absolute Gasteiger partial charge is 0.342 e. The number of carboxylic acids is 1. The molecule has 4 rings (SSSR count). The number of benzene rings is 2. The Morgan fingerprint density at radius 1 is 1.13 bits per heavy atom. The Kier molecular flexibility index (Phi) is 7.82. The molecule has 0 amide bonds. The van der Waals surface area contributed by atoms with E-state index in [4.69, 9.17) is 13.9 Å². The molecule has 0 aliphatic carbocycles. The second kappa shape index (κ2) is 11.2. The first-order chi connectivity index (χ1) is 18.2. The van der Waals surface area contributed by atoms with Crippen molar-refractivity contribution in [2.24, 2.45) is 0 Å². The molecule has 0 fully saturated rings.